The first-order valence-corrected chi connectivity index (χ1v) is 6.27. The molecule has 0 aliphatic rings. The molecule has 0 aromatic heterocycles. The molecule has 2 aromatic carbocycles. The van der Waals surface area contributed by atoms with Crippen LogP contribution in [0.25, 0.3) is 5.57 Å². The number of carbonyl (C=O) groups excluding carboxylic acids is 1. The van der Waals surface area contributed by atoms with Crippen LogP contribution in [0, 0.1) is 5.82 Å². The van der Waals surface area contributed by atoms with Crippen molar-refractivity contribution >= 4 is 11.4 Å². The van der Waals surface area contributed by atoms with Gasteiger partial charge in [0.05, 0.1) is 0 Å². The third kappa shape index (κ3) is 3.16. The number of carbonyl (C=O) groups is 1. The Balaban J connectivity index is 2.35. The third-order valence-corrected chi connectivity index (χ3v) is 2.96. The van der Waals surface area contributed by atoms with E-state index in [1.54, 1.807) is 30.3 Å². The minimum atomic E-state index is -0.295. The van der Waals surface area contributed by atoms with Crippen LogP contribution in [0.1, 0.15) is 29.3 Å². The van der Waals surface area contributed by atoms with Gasteiger partial charge < -0.3 is 0 Å². The maximum Gasteiger partial charge on any atom is 0.186 e. The minimum Gasteiger partial charge on any atom is -0.289 e. The lowest BCUT2D eigenvalue weighted by Gasteiger charge is -2.06. The Hall–Kier alpha value is -2.22. The average Bonchev–Trinajstić information content (AvgIpc) is 2.46. The molecule has 0 fully saturated rings. The van der Waals surface area contributed by atoms with E-state index in [9.17, 15) is 9.18 Å². The van der Waals surface area contributed by atoms with Crippen LogP contribution in [0.2, 0.25) is 0 Å². The topological polar surface area (TPSA) is 17.1 Å². The van der Waals surface area contributed by atoms with Crippen molar-refractivity contribution in [3.05, 3.63) is 77.6 Å². The Kier molecular flexibility index (Phi) is 4.24. The van der Waals surface area contributed by atoms with Crippen molar-refractivity contribution < 1.29 is 9.18 Å². The first kappa shape index (κ1) is 13.2. The second-order valence-corrected chi connectivity index (χ2v) is 4.23. The highest BCUT2D eigenvalue weighted by molar-refractivity contribution is 6.08. The molecule has 2 rings (SSSR count). The standard InChI is InChI=1S/C17H15FO/c1-2-13(15-10-6-7-11-16(15)18)12-17(19)14-8-4-3-5-9-14/h3-12H,2H2,1H3/b13-12+. The summed E-state index contributed by atoms with van der Waals surface area (Å²) in [5, 5.41) is 0. The largest absolute Gasteiger partial charge is 0.289 e. The summed E-state index contributed by atoms with van der Waals surface area (Å²) in [7, 11) is 0. The molecule has 0 heterocycles. The maximum atomic E-state index is 13.7. The first-order chi connectivity index (χ1) is 9.22. The van der Waals surface area contributed by atoms with Crippen LogP contribution in [-0.4, -0.2) is 5.78 Å². The van der Waals surface area contributed by atoms with Crippen molar-refractivity contribution in [1.29, 1.82) is 0 Å². The van der Waals surface area contributed by atoms with Gasteiger partial charge in [0.1, 0.15) is 5.82 Å². The van der Waals surface area contributed by atoms with Crippen LogP contribution in [0.5, 0.6) is 0 Å². The summed E-state index contributed by atoms with van der Waals surface area (Å²) >= 11 is 0. The van der Waals surface area contributed by atoms with E-state index in [0.717, 1.165) is 0 Å². The van der Waals surface area contributed by atoms with Gasteiger partial charge in [-0.25, -0.2) is 4.39 Å². The van der Waals surface area contributed by atoms with E-state index in [1.807, 2.05) is 25.1 Å². The summed E-state index contributed by atoms with van der Waals surface area (Å²) in [5.74, 6) is -0.392. The van der Waals surface area contributed by atoms with Crippen molar-refractivity contribution in [2.75, 3.05) is 0 Å². The van der Waals surface area contributed by atoms with E-state index in [4.69, 9.17) is 0 Å². The molecule has 0 saturated carbocycles. The molecule has 2 heteroatoms. The van der Waals surface area contributed by atoms with Crippen LogP contribution in [0.15, 0.2) is 60.7 Å². The molecular weight excluding hydrogens is 239 g/mol. The van der Waals surface area contributed by atoms with Crippen LogP contribution in [0.3, 0.4) is 0 Å². The smallest absolute Gasteiger partial charge is 0.186 e. The highest BCUT2D eigenvalue weighted by Crippen LogP contribution is 2.21. The molecule has 1 nitrogen and oxygen atoms in total. The fraction of sp³-hybridized carbons (Fsp3) is 0.118. The molecule has 0 bridgehead atoms. The van der Waals surface area contributed by atoms with E-state index in [0.29, 0.717) is 23.1 Å². The van der Waals surface area contributed by atoms with Gasteiger partial charge in [-0.15, -0.1) is 0 Å². The molecule has 96 valence electrons. The second-order valence-electron chi connectivity index (χ2n) is 4.23. The van der Waals surface area contributed by atoms with Crippen molar-refractivity contribution in [3.8, 4) is 0 Å². The zero-order valence-electron chi connectivity index (χ0n) is 10.8. The minimum absolute atomic E-state index is 0.0966. The lowest BCUT2D eigenvalue weighted by Crippen LogP contribution is -1.97. The predicted molar refractivity (Wildman–Crippen MR) is 75.4 cm³/mol. The van der Waals surface area contributed by atoms with Crippen LogP contribution in [0.4, 0.5) is 4.39 Å². The Morgan fingerprint density at radius 3 is 2.32 bits per heavy atom. The number of benzene rings is 2. The number of hydrogen-bond acceptors (Lipinski definition) is 1. The molecule has 0 N–H and O–H groups in total. The molecule has 0 aliphatic carbocycles. The van der Waals surface area contributed by atoms with Gasteiger partial charge >= 0.3 is 0 Å². The number of ketones is 1. The zero-order valence-corrected chi connectivity index (χ0v) is 10.8. The van der Waals surface area contributed by atoms with Crippen LogP contribution < -0.4 is 0 Å². The Morgan fingerprint density at radius 2 is 1.68 bits per heavy atom. The molecule has 2 aromatic rings. The normalized spacial score (nSPS) is 11.4. The second kappa shape index (κ2) is 6.10. The molecule has 0 saturated heterocycles. The van der Waals surface area contributed by atoms with Gasteiger partial charge in [-0.05, 0) is 24.1 Å². The summed E-state index contributed by atoms with van der Waals surface area (Å²) in [6, 6.07) is 15.5. The van der Waals surface area contributed by atoms with Gasteiger partial charge in [0, 0.05) is 11.1 Å². The van der Waals surface area contributed by atoms with E-state index in [-0.39, 0.29) is 11.6 Å². The van der Waals surface area contributed by atoms with Gasteiger partial charge in [0.2, 0.25) is 0 Å². The van der Waals surface area contributed by atoms with E-state index < -0.39 is 0 Å². The van der Waals surface area contributed by atoms with Crippen LogP contribution in [-0.2, 0) is 0 Å². The number of allylic oxidation sites excluding steroid dienone is 2. The summed E-state index contributed by atoms with van der Waals surface area (Å²) in [6.07, 6.45) is 2.13. The van der Waals surface area contributed by atoms with Gasteiger partial charge in [-0.3, -0.25) is 4.79 Å². The third-order valence-electron chi connectivity index (χ3n) is 2.96. The SMILES string of the molecule is CC/C(=C\C(=O)c1ccccc1)c1ccccc1F. The summed E-state index contributed by atoms with van der Waals surface area (Å²) in [5.41, 5.74) is 1.83. The molecular formula is C17H15FO. The first-order valence-electron chi connectivity index (χ1n) is 6.27. The molecule has 0 radical (unpaired) electrons. The average molecular weight is 254 g/mol. The van der Waals surface area contributed by atoms with Gasteiger partial charge in [0.15, 0.2) is 5.78 Å². The number of rotatable bonds is 4. The van der Waals surface area contributed by atoms with Crippen molar-refractivity contribution in [2.24, 2.45) is 0 Å². The summed E-state index contributed by atoms with van der Waals surface area (Å²) in [6.45, 7) is 1.91. The quantitative estimate of drug-likeness (QED) is 0.580. The molecule has 0 spiro atoms. The molecule has 19 heavy (non-hydrogen) atoms. The van der Waals surface area contributed by atoms with Gasteiger partial charge in [-0.2, -0.15) is 0 Å². The Morgan fingerprint density at radius 1 is 1.05 bits per heavy atom. The van der Waals surface area contributed by atoms with E-state index in [1.165, 1.54) is 12.1 Å². The van der Waals surface area contributed by atoms with Crippen LogP contribution >= 0.6 is 0 Å². The highest BCUT2D eigenvalue weighted by Gasteiger charge is 2.08. The lowest BCUT2D eigenvalue weighted by molar-refractivity contribution is 0.104. The molecule has 0 atom stereocenters. The van der Waals surface area contributed by atoms with Crippen molar-refractivity contribution in [3.63, 3.8) is 0 Å². The number of hydrogen-bond donors (Lipinski definition) is 0. The summed E-state index contributed by atoms with van der Waals surface area (Å²) in [4.78, 5) is 12.1. The molecule has 0 amide bonds. The van der Waals surface area contributed by atoms with Crippen molar-refractivity contribution in [2.45, 2.75) is 13.3 Å². The Labute approximate surface area is 112 Å². The van der Waals surface area contributed by atoms with Gasteiger partial charge in [0.25, 0.3) is 0 Å². The fourth-order valence-electron chi connectivity index (χ4n) is 1.94. The lowest BCUT2D eigenvalue weighted by atomic mass is 9.99. The van der Waals surface area contributed by atoms with E-state index in [2.05, 4.69) is 0 Å². The monoisotopic (exact) mass is 254 g/mol. The fourth-order valence-corrected chi connectivity index (χ4v) is 1.94. The summed E-state index contributed by atoms with van der Waals surface area (Å²) < 4.78 is 13.7. The molecule has 0 unspecified atom stereocenters. The predicted octanol–water partition coefficient (Wildman–Crippen LogP) is 4.50. The van der Waals surface area contributed by atoms with Crippen molar-refractivity contribution in [1.82, 2.24) is 0 Å². The zero-order chi connectivity index (χ0) is 13.7. The highest BCUT2D eigenvalue weighted by atomic mass is 19.1. The number of halogens is 1. The molecule has 0 aliphatic heterocycles. The maximum absolute atomic E-state index is 13.7. The Bertz CT molecular complexity index is 600. The van der Waals surface area contributed by atoms with E-state index >= 15 is 0 Å². The van der Waals surface area contributed by atoms with Gasteiger partial charge in [-0.1, -0.05) is 55.5 Å².